The van der Waals surface area contributed by atoms with Crippen molar-refractivity contribution in [1.82, 2.24) is 10.3 Å². The van der Waals surface area contributed by atoms with Gasteiger partial charge in [-0.25, -0.2) is 4.79 Å². The summed E-state index contributed by atoms with van der Waals surface area (Å²) in [4.78, 5) is 40.8. The van der Waals surface area contributed by atoms with Crippen LogP contribution in [0.15, 0.2) is 36.5 Å². The van der Waals surface area contributed by atoms with E-state index in [2.05, 4.69) is 10.3 Å². The fourth-order valence-corrected chi connectivity index (χ4v) is 3.42. The fraction of sp³-hybridized carbons (Fsp3) is 0.435. The highest BCUT2D eigenvalue weighted by molar-refractivity contribution is 6.30. The van der Waals surface area contributed by atoms with Crippen molar-refractivity contribution in [3.05, 3.63) is 58.4 Å². The van der Waals surface area contributed by atoms with E-state index < -0.39 is 24.0 Å². The summed E-state index contributed by atoms with van der Waals surface area (Å²) in [5.74, 6) is -1.30. The highest BCUT2D eigenvalue weighted by atomic mass is 35.5. The predicted molar refractivity (Wildman–Crippen MR) is 118 cm³/mol. The van der Waals surface area contributed by atoms with Crippen LogP contribution in [0.3, 0.4) is 0 Å². The van der Waals surface area contributed by atoms with E-state index in [1.54, 1.807) is 38.2 Å². The van der Waals surface area contributed by atoms with Gasteiger partial charge in [-0.05, 0) is 43.5 Å². The summed E-state index contributed by atoms with van der Waals surface area (Å²) in [6, 6.07) is 7.94. The molecule has 0 aliphatic carbocycles. The molecule has 2 unspecified atom stereocenters. The van der Waals surface area contributed by atoms with E-state index in [9.17, 15) is 14.4 Å². The Hall–Kier alpha value is -2.80. The highest BCUT2D eigenvalue weighted by Gasteiger charge is 2.31. The number of ketones is 1. The van der Waals surface area contributed by atoms with Crippen LogP contribution in [0.25, 0.3) is 0 Å². The first-order valence-electron chi connectivity index (χ1n) is 10.1. The summed E-state index contributed by atoms with van der Waals surface area (Å²) in [5, 5.41) is 3.23. The number of nitrogens with one attached hydrogen (secondary N) is 2. The van der Waals surface area contributed by atoms with E-state index >= 15 is 0 Å². The Labute approximate surface area is 187 Å². The Balaban J connectivity index is 2.41. The second-order valence-corrected chi connectivity index (χ2v) is 8.31. The van der Waals surface area contributed by atoms with Crippen LogP contribution in [-0.4, -0.2) is 42.1 Å². The Kier molecular flexibility index (Phi) is 8.68. The lowest BCUT2D eigenvalue weighted by Crippen LogP contribution is -2.45. The Morgan fingerprint density at radius 1 is 1.06 bits per heavy atom. The molecular formula is C23H29ClN2O5. The number of benzene rings is 1. The van der Waals surface area contributed by atoms with Crippen molar-refractivity contribution in [3.63, 3.8) is 0 Å². The van der Waals surface area contributed by atoms with Crippen molar-refractivity contribution in [2.45, 2.75) is 52.2 Å². The Morgan fingerprint density at radius 3 is 2.26 bits per heavy atom. The molecule has 0 radical (unpaired) electrons. The Bertz CT molecular complexity index is 905. The van der Waals surface area contributed by atoms with E-state index in [-0.39, 0.29) is 24.2 Å². The largest absolute Gasteiger partial charge is 0.469 e. The van der Waals surface area contributed by atoms with Crippen molar-refractivity contribution in [2.75, 3.05) is 7.11 Å². The van der Waals surface area contributed by atoms with Gasteiger partial charge in [0, 0.05) is 28.4 Å². The number of carbonyl (C=O) groups excluding carboxylic acids is 3. The maximum atomic E-state index is 13.4. The lowest BCUT2D eigenvalue weighted by molar-refractivity contribution is -0.140. The van der Waals surface area contributed by atoms with E-state index in [0.717, 1.165) is 5.56 Å². The number of aromatic nitrogens is 1. The second-order valence-electron chi connectivity index (χ2n) is 7.87. The molecule has 0 aliphatic heterocycles. The summed E-state index contributed by atoms with van der Waals surface area (Å²) in [5.41, 5.74) is 1.77. The van der Waals surface area contributed by atoms with Crippen LogP contribution in [0.1, 0.15) is 61.6 Å². The lowest BCUT2D eigenvalue weighted by atomic mass is 9.87. The molecular weight excluding hydrogens is 420 g/mol. The average molecular weight is 449 g/mol. The number of H-pyrrole nitrogens is 1. The van der Waals surface area contributed by atoms with Crippen molar-refractivity contribution < 1.29 is 23.9 Å². The van der Waals surface area contributed by atoms with Crippen LogP contribution in [0.5, 0.6) is 0 Å². The summed E-state index contributed by atoms with van der Waals surface area (Å²) < 4.78 is 10.0. The van der Waals surface area contributed by atoms with E-state index in [0.29, 0.717) is 16.3 Å². The van der Waals surface area contributed by atoms with Gasteiger partial charge >= 0.3 is 12.1 Å². The van der Waals surface area contributed by atoms with Crippen LogP contribution in [0.2, 0.25) is 5.02 Å². The van der Waals surface area contributed by atoms with Crippen LogP contribution < -0.4 is 5.32 Å². The third-order valence-electron chi connectivity index (χ3n) is 4.83. The van der Waals surface area contributed by atoms with E-state index in [1.807, 2.05) is 26.0 Å². The van der Waals surface area contributed by atoms with Crippen molar-refractivity contribution in [3.8, 4) is 0 Å². The van der Waals surface area contributed by atoms with Gasteiger partial charge in [0.2, 0.25) is 0 Å². The minimum atomic E-state index is -0.787. The number of aromatic amines is 1. The monoisotopic (exact) mass is 448 g/mol. The molecule has 7 nitrogen and oxygen atoms in total. The summed E-state index contributed by atoms with van der Waals surface area (Å²) in [7, 11) is 1.32. The first-order valence-corrected chi connectivity index (χ1v) is 10.5. The SMILES string of the molecule is COC(=O)CC(c1ccc(Cl)cc1)c1[nH]ccc1C(=O)C(NC(=O)OC(C)C)C(C)C. The molecule has 1 aromatic carbocycles. The summed E-state index contributed by atoms with van der Waals surface area (Å²) >= 11 is 6.01. The molecule has 168 valence electrons. The maximum absolute atomic E-state index is 13.4. The first-order chi connectivity index (χ1) is 14.6. The maximum Gasteiger partial charge on any atom is 0.407 e. The molecule has 1 amide bonds. The molecule has 1 heterocycles. The topological polar surface area (TPSA) is 97.5 Å². The van der Waals surface area contributed by atoms with Gasteiger partial charge in [0.1, 0.15) is 0 Å². The van der Waals surface area contributed by atoms with Gasteiger partial charge in [0.25, 0.3) is 0 Å². The molecule has 8 heteroatoms. The van der Waals surface area contributed by atoms with Crippen LogP contribution in [0.4, 0.5) is 4.79 Å². The van der Waals surface area contributed by atoms with Gasteiger partial charge in [-0.1, -0.05) is 37.6 Å². The van der Waals surface area contributed by atoms with Crippen LogP contribution >= 0.6 is 11.6 Å². The van der Waals surface area contributed by atoms with Crippen molar-refractivity contribution >= 4 is 29.4 Å². The number of hydrogen-bond acceptors (Lipinski definition) is 5. The normalized spacial score (nSPS) is 13.0. The van der Waals surface area contributed by atoms with Crippen molar-refractivity contribution in [1.29, 1.82) is 0 Å². The van der Waals surface area contributed by atoms with Gasteiger partial charge in [-0.3, -0.25) is 9.59 Å². The number of ether oxygens (including phenoxy) is 2. The molecule has 0 saturated carbocycles. The minimum absolute atomic E-state index is 0.0358. The van der Waals surface area contributed by atoms with Gasteiger partial charge in [-0.15, -0.1) is 0 Å². The lowest BCUT2D eigenvalue weighted by Gasteiger charge is -2.23. The van der Waals surface area contributed by atoms with Gasteiger partial charge in [0.15, 0.2) is 5.78 Å². The quantitative estimate of drug-likeness (QED) is 0.428. The number of alkyl carbamates (subject to hydrolysis) is 1. The highest BCUT2D eigenvalue weighted by Crippen LogP contribution is 2.32. The Morgan fingerprint density at radius 2 is 1.71 bits per heavy atom. The first kappa shape index (κ1) is 24.5. The molecule has 2 N–H and O–H groups in total. The smallest absolute Gasteiger partial charge is 0.407 e. The molecule has 2 rings (SSSR count). The zero-order valence-electron chi connectivity index (χ0n) is 18.4. The fourth-order valence-electron chi connectivity index (χ4n) is 3.29. The number of methoxy groups -OCH3 is 1. The zero-order chi connectivity index (χ0) is 23.1. The van der Waals surface area contributed by atoms with E-state index in [4.69, 9.17) is 21.1 Å². The molecule has 1 aromatic heterocycles. The van der Waals surface area contributed by atoms with Gasteiger partial charge in [-0.2, -0.15) is 0 Å². The number of hydrogen-bond donors (Lipinski definition) is 2. The minimum Gasteiger partial charge on any atom is -0.469 e. The van der Waals surface area contributed by atoms with Crippen LogP contribution in [-0.2, 0) is 14.3 Å². The van der Waals surface area contributed by atoms with Gasteiger partial charge < -0.3 is 19.8 Å². The summed E-state index contributed by atoms with van der Waals surface area (Å²) in [6.45, 7) is 7.16. The zero-order valence-corrected chi connectivity index (χ0v) is 19.2. The molecule has 31 heavy (non-hydrogen) atoms. The molecule has 2 atom stereocenters. The predicted octanol–water partition coefficient (Wildman–Crippen LogP) is 4.71. The number of esters is 1. The number of rotatable bonds is 9. The van der Waals surface area contributed by atoms with Crippen LogP contribution in [0, 0.1) is 5.92 Å². The molecule has 0 spiro atoms. The third-order valence-corrected chi connectivity index (χ3v) is 5.08. The number of carbonyl (C=O) groups is 3. The van der Waals surface area contributed by atoms with Crippen molar-refractivity contribution in [2.24, 2.45) is 5.92 Å². The average Bonchev–Trinajstić information content (AvgIpc) is 3.19. The molecule has 0 bridgehead atoms. The van der Waals surface area contributed by atoms with Gasteiger partial charge in [0.05, 0.1) is 25.7 Å². The second kappa shape index (κ2) is 11.0. The molecule has 0 fully saturated rings. The molecule has 0 aliphatic rings. The molecule has 0 saturated heterocycles. The number of amides is 1. The summed E-state index contributed by atoms with van der Waals surface area (Å²) in [6.07, 6.45) is 0.726. The molecule has 2 aromatic rings. The van der Waals surface area contributed by atoms with E-state index in [1.165, 1.54) is 7.11 Å². The number of halogens is 1. The number of Topliss-reactive ketones (excluding diaryl/α,β-unsaturated/α-hetero) is 1. The third kappa shape index (κ3) is 6.59. The standard InChI is InChI=1S/C23H29ClN2O5/c1-13(2)20(26-23(29)31-14(3)4)22(28)17-10-11-25-21(17)18(12-19(27)30-5)15-6-8-16(24)9-7-15/h6-11,13-14,18,20,25H,12H2,1-5H3,(H,26,29).